The van der Waals surface area contributed by atoms with E-state index in [-0.39, 0.29) is 11.3 Å². The van der Waals surface area contributed by atoms with Gasteiger partial charge in [-0.15, -0.1) is 0 Å². The third-order valence-electron chi connectivity index (χ3n) is 5.23. The van der Waals surface area contributed by atoms with Crippen molar-refractivity contribution in [1.29, 1.82) is 0 Å². The van der Waals surface area contributed by atoms with Gasteiger partial charge in [0.2, 0.25) is 0 Å². The molecule has 0 atom stereocenters. The summed E-state index contributed by atoms with van der Waals surface area (Å²) in [5, 5.41) is 10.2. The van der Waals surface area contributed by atoms with Crippen molar-refractivity contribution in [3.63, 3.8) is 0 Å². The zero-order chi connectivity index (χ0) is 20.0. The van der Waals surface area contributed by atoms with Gasteiger partial charge >= 0.3 is 0 Å². The van der Waals surface area contributed by atoms with Gasteiger partial charge in [-0.2, -0.15) is 0 Å². The molecule has 0 aliphatic heterocycles. The van der Waals surface area contributed by atoms with Crippen LogP contribution in [0.15, 0.2) is 53.5 Å². The average molecular weight is 399 g/mol. The molecule has 0 radical (unpaired) electrons. The summed E-state index contributed by atoms with van der Waals surface area (Å²) in [6.07, 6.45) is 3.12. The second-order valence-corrected chi connectivity index (χ2v) is 7.61. The summed E-state index contributed by atoms with van der Waals surface area (Å²) in [5.41, 5.74) is 3.24. The predicted octanol–water partition coefficient (Wildman–Crippen LogP) is 3.14. The van der Waals surface area contributed by atoms with Crippen molar-refractivity contribution < 1.29 is 4.79 Å². The lowest BCUT2D eigenvalue weighted by Gasteiger charge is -2.19. The van der Waals surface area contributed by atoms with Gasteiger partial charge in [0.05, 0.1) is 0 Å². The molecule has 1 aliphatic rings. The lowest BCUT2D eigenvalue weighted by Crippen LogP contribution is -2.42. The molecular formula is C22H27ClN4O. The minimum absolute atomic E-state index is 0.0666. The summed E-state index contributed by atoms with van der Waals surface area (Å²) in [6, 6.07) is 15.8. The summed E-state index contributed by atoms with van der Waals surface area (Å²) in [5.74, 6) is 0.721. The van der Waals surface area contributed by atoms with E-state index in [1.807, 2.05) is 36.4 Å². The quantitative estimate of drug-likeness (QED) is 0.496. The number of rotatable bonds is 7. The Hall–Kier alpha value is -2.53. The lowest BCUT2D eigenvalue weighted by molar-refractivity contribution is 0.0963. The number of carbonyl (C=O) groups excluding carboxylic acids is 1. The van der Waals surface area contributed by atoms with E-state index in [0.29, 0.717) is 5.56 Å². The van der Waals surface area contributed by atoms with E-state index in [9.17, 15) is 4.79 Å². The molecule has 3 rings (SSSR count). The smallest absolute Gasteiger partial charge is 0.251 e. The molecule has 0 bridgehead atoms. The van der Waals surface area contributed by atoms with Crippen LogP contribution < -0.4 is 16.0 Å². The van der Waals surface area contributed by atoms with Crippen LogP contribution in [-0.2, 0) is 11.8 Å². The molecule has 0 aromatic heterocycles. The van der Waals surface area contributed by atoms with E-state index in [2.05, 4.69) is 33.1 Å². The third-order valence-corrected chi connectivity index (χ3v) is 5.47. The Labute approximate surface area is 171 Å². The van der Waals surface area contributed by atoms with Gasteiger partial charge < -0.3 is 16.0 Å². The van der Waals surface area contributed by atoms with Crippen molar-refractivity contribution in [3.8, 4) is 0 Å². The fourth-order valence-corrected chi connectivity index (χ4v) is 3.54. The molecule has 5 nitrogen and oxygen atoms in total. The van der Waals surface area contributed by atoms with Crippen LogP contribution in [0.2, 0.25) is 5.02 Å². The molecule has 1 fully saturated rings. The molecule has 2 aromatic carbocycles. The summed E-state index contributed by atoms with van der Waals surface area (Å²) >= 11 is 6.15. The topological polar surface area (TPSA) is 65.5 Å². The van der Waals surface area contributed by atoms with E-state index in [0.717, 1.165) is 48.9 Å². The zero-order valence-corrected chi connectivity index (χ0v) is 17.1. The Balaban J connectivity index is 1.50. The maximum Gasteiger partial charge on any atom is 0.251 e. The number of aliphatic imine (C=N–C) groups is 1. The van der Waals surface area contributed by atoms with E-state index >= 15 is 0 Å². The van der Waals surface area contributed by atoms with Crippen LogP contribution in [0.4, 0.5) is 0 Å². The Morgan fingerprint density at radius 2 is 1.93 bits per heavy atom. The summed E-state index contributed by atoms with van der Waals surface area (Å²) in [6.45, 7) is 1.57. The molecule has 0 unspecified atom stereocenters. The van der Waals surface area contributed by atoms with E-state index < -0.39 is 0 Å². The minimum Gasteiger partial charge on any atom is -0.356 e. The number of benzene rings is 2. The minimum atomic E-state index is -0.0666. The Morgan fingerprint density at radius 3 is 2.61 bits per heavy atom. The highest BCUT2D eigenvalue weighted by molar-refractivity contribution is 6.30. The Morgan fingerprint density at radius 1 is 1.14 bits per heavy atom. The van der Waals surface area contributed by atoms with Gasteiger partial charge in [0.1, 0.15) is 0 Å². The SMILES string of the molecule is CN=C(NCCc1cccc(C(=O)NC)c1)NCC1(c2cccc(Cl)c2)CC1. The highest BCUT2D eigenvalue weighted by atomic mass is 35.5. The molecule has 148 valence electrons. The van der Waals surface area contributed by atoms with E-state index in [1.165, 1.54) is 5.56 Å². The molecule has 0 heterocycles. The van der Waals surface area contributed by atoms with Crippen LogP contribution in [0.3, 0.4) is 0 Å². The molecule has 2 aromatic rings. The van der Waals surface area contributed by atoms with E-state index in [4.69, 9.17) is 11.6 Å². The van der Waals surface area contributed by atoms with Crippen molar-refractivity contribution in [2.24, 2.45) is 4.99 Å². The molecule has 3 N–H and O–H groups in total. The third kappa shape index (κ3) is 5.04. The van der Waals surface area contributed by atoms with Crippen molar-refractivity contribution in [3.05, 3.63) is 70.2 Å². The highest BCUT2D eigenvalue weighted by Crippen LogP contribution is 2.48. The lowest BCUT2D eigenvalue weighted by atomic mass is 9.96. The van der Waals surface area contributed by atoms with Gasteiger partial charge in [-0.1, -0.05) is 35.9 Å². The van der Waals surface area contributed by atoms with Gasteiger partial charge in [0, 0.05) is 43.2 Å². The van der Waals surface area contributed by atoms with Crippen LogP contribution in [0.1, 0.15) is 34.3 Å². The normalized spacial score (nSPS) is 15.0. The van der Waals surface area contributed by atoms with Gasteiger partial charge in [0.15, 0.2) is 5.96 Å². The standard InChI is InChI=1S/C22H27ClN4O/c1-24-20(28)17-6-3-5-16(13-17)9-12-26-21(25-2)27-15-22(10-11-22)18-7-4-8-19(23)14-18/h3-8,13-14H,9-12,15H2,1-2H3,(H,24,28)(H2,25,26,27). The van der Waals surface area contributed by atoms with Crippen molar-refractivity contribution in [2.45, 2.75) is 24.7 Å². The second kappa shape index (κ2) is 9.11. The first-order valence-corrected chi connectivity index (χ1v) is 9.96. The van der Waals surface area contributed by atoms with Crippen LogP contribution >= 0.6 is 11.6 Å². The summed E-state index contributed by atoms with van der Waals surface area (Å²) < 4.78 is 0. The molecule has 0 saturated heterocycles. The van der Waals surface area contributed by atoms with Gasteiger partial charge in [-0.3, -0.25) is 9.79 Å². The molecule has 0 spiro atoms. The molecule has 28 heavy (non-hydrogen) atoms. The maximum atomic E-state index is 11.8. The number of halogens is 1. The van der Waals surface area contributed by atoms with Crippen LogP contribution in [0, 0.1) is 0 Å². The number of nitrogens with one attached hydrogen (secondary N) is 3. The number of amides is 1. The monoisotopic (exact) mass is 398 g/mol. The second-order valence-electron chi connectivity index (χ2n) is 7.17. The Bertz CT molecular complexity index is 861. The first-order chi connectivity index (χ1) is 13.6. The number of carbonyl (C=O) groups is 1. The maximum absolute atomic E-state index is 11.8. The number of hydrogen-bond acceptors (Lipinski definition) is 2. The number of hydrogen-bond donors (Lipinski definition) is 3. The number of nitrogens with zero attached hydrogens (tertiary/aromatic N) is 1. The highest BCUT2D eigenvalue weighted by Gasteiger charge is 2.44. The zero-order valence-electron chi connectivity index (χ0n) is 16.4. The van der Waals surface area contributed by atoms with Crippen LogP contribution in [0.25, 0.3) is 0 Å². The summed E-state index contributed by atoms with van der Waals surface area (Å²) in [7, 11) is 3.42. The molecule has 1 saturated carbocycles. The summed E-state index contributed by atoms with van der Waals surface area (Å²) in [4.78, 5) is 16.1. The molecular weight excluding hydrogens is 372 g/mol. The number of guanidine groups is 1. The average Bonchev–Trinajstić information content (AvgIpc) is 3.51. The van der Waals surface area contributed by atoms with Gasteiger partial charge in [0.25, 0.3) is 5.91 Å². The molecule has 1 aliphatic carbocycles. The van der Waals surface area contributed by atoms with Crippen LogP contribution in [-0.4, -0.2) is 39.1 Å². The van der Waals surface area contributed by atoms with Gasteiger partial charge in [-0.25, -0.2) is 0 Å². The van der Waals surface area contributed by atoms with Crippen molar-refractivity contribution in [1.82, 2.24) is 16.0 Å². The Kier molecular flexibility index (Phi) is 6.57. The van der Waals surface area contributed by atoms with Gasteiger partial charge in [-0.05, 0) is 54.7 Å². The fraction of sp³-hybridized carbons (Fsp3) is 0.364. The first kappa shape index (κ1) is 20.2. The molecule has 1 amide bonds. The first-order valence-electron chi connectivity index (χ1n) is 9.58. The molecule has 6 heteroatoms. The van der Waals surface area contributed by atoms with Crippen LogP contribution in [0.5, 0.6) is 0 Å². The predicted molar refractivity (Wildman–Crippen MR) is 115 cm³/mol. The van der Waals surface area contributed by atoms with Crippen molar-refractivity contribution in [2.75, 3.05) is 27.2 Å². The largest absolute Gasteiger partial charge is 0.356 e. The van der Waals surface area contributed by atoms with Crippen molar-refractivity contribution >= 4 is 23.5 Å². The van der Waals surface area contributed by atoms with E-state index in [1.54, 1.807) is 14.1 Å². The fourth-order valence-electron chi connectivity index (χ4n) is 3.35.